The summed E-state index contributed by atoms with van der Waals surface area (Å²) in [5, 5.41) is 8.09. The second-order valence-electron chi connectivity index (χ2n) is 8.25. The van der Waals surface area contributed by atoms with Crippen LogP contribution in [0.15, 0.2) is 12.4 Å². The molecule has 1 N–H and O–H groups in total. The fourth-order valence-electron chi connectivity index (χ4n) is 4.48. The molecule has 0 radical (unpaired) electrons. The Morgan fingerprint density at radius 2 is 2.07 bits per heavy atom. The Hall–Kier alpha value is -1.44. The fraction of sp³-hybridized carbons (Fsp3) is 0.800. The SMILES string of the molecule is COCCN1C(=O)C[C@@H](CNC2CCN(C(C)C)CC2)[C@@H]1c1cnn(C)c1. The van der Waals surface area contributed by atoms with Gasteiger partial charge in [0.25, 0.3) is 0 Å². The van der Waals surface area contributed by atoms with Crippen molar-refractivity contribution in [3.05, 3.63) is 18.0 Å². The number of aryl methyl sites for hydroxylation is 1. The molecule has 2 saturated heterocycles. The van der Waals surface area contributed by atoms with E-state index in [1.807, 2.05) is 29.0 Å². The summed E-state index contributed by atoms with van der Waals surface area (Å²) in [4.78, 5) is 17.2. The maximum atomic E-state index is 12.7. The number of nitrogens with zero attached hydrogens (tertiary/aromatic N) is 4. The predicted molar refractivity (Wildman–Crippen MR) is 105 cm³/mol. The third-order valence-electron chi connectivity index (χ3n) is 6.07. The smallest absolute Gasteiger partial charge is 0.223 e. The van der Waals surface area contributed by atoms with Crippen molar-refractivity contribution in [3.8, 4) is 0 Å². The van der Waals surface area contributed by atoms with Crippen molar-refractivity contribution in [2.75, 3.05) is 39.9 Å². The largest absolute Gasteiger partial charge is 0.383 e. The second kappa shape index (κ2) is 9.17. The Labute approximate surface area is 163 Å². The average Bonchev–Trinajstić information content (AvgIpc) is 3.21. The van der Waals surface area contributed by atoms with E-state index in [2.05, 4.69) is 29.2 Å². The molecule has 0 bridgehead atoms. The van der Waals surface area contributed by atoms with Crippen molar-refractivity contribution in [2.24, 2.45) is 13.0 Å². The zero-order valence-electron chi connectivity index (χ0n) is 17.2. The Bertz CT molecular complexity index is 609. The van der Waals surface area contributed by atoms with Gasteiger partial charge in [0.05, 0.1) is 18.8 Å². The van der Waals surface area contributed by atoms with Gasteiger partial charge in [0.1, 0.15) is 0 Å². The predicted octanol–water partition coefficient (Wildman–Crippen LogP) is 1.42. The number of hydrogen-bond donors (Lipinski definition) is 1. The number of piperidine rings is 1. The van der Waals surface area contributed by atoms with Gasteiger partial charge in [0.2, 0.25) is 5.91 Å². The number of rotatable bonds is 8. The van der Waals surface area contributed by atoms with Gasteiger partial charge < -0.3 is 19.9 Å². The molecule has 152 valence electrons. The number of nitrogens with one attached hydrogen (secondary N) is 1. The number of methoxy groups -OCH3 is 1. The molecule has 3 heterocycles. The molecular formula is C20H35N5O2. The highest BCUT2D eigenvalue weighted by Crippen LogP contribution is 2.37. The lowest BCUT2D eigenvalue weighted by atomic mass is 9.94. The van der Waals surface area contributed by atoms with E-state index in [-0.39, 0.29) is 17.9 Å². The normalized spacial score (nSPS) is 25.1. The monoisotopic (exact) mass is 377 g/mol. The van der Waals surface area contributed by atoms with E-state index in [1.54, 1.807) is 7.11 Å². The highest BCUT2D eigenvalue weighted by atomic mass is 16.5. The molecule has 3 rings (SSSR count). The van der Waals surface area contributed by atoms with Gasteiger partial charge in [-0.25, -0.2) is 0 Å². The van der Waals surface area contributed by atoms with Crippen molar-refractivity contribution in [3.63, 3.8) is 0 Å². The summed E-state index contributed by atoms with van der Waals surface area (Å²) in [6.07, 6.45) is 6.91. The minimum absolute atomic E-state index is 0.0876. The summed E-state index contributed by atoms with van der Waals surface area (Å²) >= 11 is 0. The molecule has 27 heavy (non-hydrogen) atoms. The van der Waals surface area contributed by atoms with Crippen LogP contribution in [0.4, 0.5) is 0 Å². The lowest BCUT2D eigenvalue weighted by molar-refractivity contribution is -0.129. The molecule has 0 saturated carbocycles. The first-order valence-electron chi connectivity index (χ1n) is 10.2. The Morgan fingerprint density at radius 1 is 1.33 bits per heavy atom. The first-order chi connectivity index (χ1) is 13.0. The van der Waals surface area contributed by atoms with Crippen LogP contribution in [0.3, 0.4) is 0 Å². The topological polar surface area (TPSA) is 62.6 Å². The van der Waals surface area contributed by atoms with E-state index in [1.165, 1.54) is 12.8 Å². The van der Waals surface area contributed by atoms with E-state index in [0.717, 1.165) is 25.2 Å². The molecule has 7 heteroatoms. The van der Waals surface area contributed by atoms with E-state index in [4.69, 9.17) is 4.74 Å². The van der Waals surface area contributed by atoms with E-state index in [0.29, 0.717) is 31.7 Å². The molecule has 0 unspecified atom stereocenters. The van der Waals surface area contributed by atoms with Crippen molar-refractivity contribution < 1.29 is 9.53 Å². The van der Waals surface area contributed by atoms with Crippen molar-refractivity contribution in [2.45, 2.75) is 51.2 Å². The Kier molecular flexibility index (Phi) is 6.89. The second-order valence-corrected chi connectivity index (χ2v) is 8.25. The van der Waals surface area contributed by atoms with Gasteiger partial charge in [-0.15, -0.1) is 0 Å². The van der Waals surface area contributed by atoms with Crippen LogP contribution in [0.25, 0.3) is 0 Å². The van der Waals surface area contributed by atoms with Crippen LogP contribution in [0.2, 0.25) is 0 Å². The molecule has 0 aromatic carbocycles. The van der Waals surface area contributed by atoms with Gasteiger partial charge in [-0.3, -0.25) is 9.48 Å². The lowest BCUT2D eigenvalue weighted by Gasteiger charge is -2.36. The number of carbonyl (C=O) groups excluding carboxylic acids is 1. The van der Waals surface area contributed by atoms with Gasteiger partial charge in [-0.05, 0) is 39.8 Å². The zero-order chi connectivity index (χ0) is 19.4. The standard InChI is InChI=1S/C20H35N5O2/c1-15(2)24-7-5-18(6-8-24)21-12-16-11-19(26)25(9-10-27-4)20(16)17-13-22-23(3)14-17/h13-16,18,20-21H,5-12H2,1-4H3/t16-,20+/m0/s1. The molecule has 2 aliphatic heterocycles. The number of carbonyl (C=O) groups is 1. The van der Waals surface area contributed by atoms with E-state index in [9.17, 15) is 4.79 Å². The molecule has 1 amide bonds. The maximum Gasteiger partial charge on any atom is 0.223 e. The van der Waals surface area contributed by atoms with Gasteiger partial charge in [-0.2, -0.15) is 5.10 Å². The van der Waals surface area contributed by atoms with Crippen LogP contribution >= 0.6 is 0 Å². The molecule has 0 aliphatic carbocycles. The Morgan fingerprint density at radius 3 is 2.67 bits per heavy atom. The number of ether oxygens (including phenoxy) is 1. The molecule has 1 aromatic heterocycles. The van der Waals surface area contributed by atoms with Crippen LogP contribution in [-0.2, 0) is 16.6 Å². The molecule has 7 nitrogen and oxygen atoms in total. The fourth-order valence-corrected chi connectivity index (χ4v) is 4.48. The third-order valence-corrected chi connectivity index (χ3v) is 6.07. The minimum atomic E-state index is 0.0876. The molecule has 1 aromatic rings. The molecule has 0 spiro atoms. The first kappa shape index (κ1) is 20.3. The van der Waals surface area contributed by atoms with Crippen molar-refractivity contribution >= 4 is 5.91 Å². The third kappa shape index (κ3) is 4.89. The number of aromatic nitrogens is 2. The zero-order valence-corrected chi connectivity index (χ0v) is 17.2. The number of amides is 1. The lowest BCUT2D eigenvalue weighted by Crippen LogP contribution is -2.46. The molecular weight excluding hydrogens is 342 g/mol. The molecule has 2 fully saturated rings. The summed E-state index contributed by atoms with van der Waals surface area (Å²) in [5.74, 6) is 0.504. The van der Waals surface area contributed by atoms with Crippen molar-refractivity contribution in [1.29, 1.82) is 0 Å². The van der Waals surface area contributed by atoms with E-state index >= 15 is 0 Å². The van der Waals surface area contributed by atoms with E-state index < -0.39 is 0 Å². The van der Waals surface area contributed by atoms with Crippen molar-refractivity contribution in [1.82, 2.24) is 24.9 Å². The highest BCUT2D eigenvalue weighted by Gasteiger charge is 2.41. The summed E-state index contributed by atoms with van der Waals surface area (Å²) in [7, 11) is 3.61. The van der Waals surface area contributed by atoms with Crippen LogP contribution in [-0.4, -0.2) is 77.5 Å². The van der Waals surface area contributed by atoms with Gasteiger partial charge in [0, 0.05) is 63.4 Å². The molecule has 2 aliphatic rings. The minimum Gasteiger partial charge on any atom is -0.383 e. The first-order valence-corrected chi connectivity index (χ1v) is 10.2. The number of likely N-dealkylation sites (tertiary alicyclic amines) is 2. The summed E-state index contributed by atoms with van der Waals surface area (Å²) in [6, 6.07) is 1.27. The Balaban J connectivity index is 1.62. The average molecular weight is 378 g/mol. The van der Waals surface area contributed by atoms with Gasteiger partial charge in [-0.1, -0.05) is 0 Å². The quantitative estimate of drug-likeness (QED) is 0.742. The van der Waals surface area contributed by atoms with Gasteiger partial charge in [0.15, 0.2) is 0 Å². The summed E-state index contributed by atoms with van der Waals surface area (Å²) in [6.45, 7) is 8.93. The highest BCUT2D eigenvalue weighted by molar-refractivity contribution is 5.79. The van der Waals surface area contributed by atoms with Crippen LogP contribution < -0.4 is 5.32 Å². The summed E-state index contributed by atoms with van der Waals surface area (Å²) in [5.41, 5.74) is 1.13. The van der Waals surface area contributed by atoms with Crippen LogP contribution in [0.5, 0.6) is 0 Å². The maximum absolute atomic E-state index is 12.7. The molecule has 2 atom stereocenters. The van der Waals surface area contributed by atoms with Crippen LogP contribution in [0, 0.1) is 5.92 Å². The summed E-state index contributed by atoms with van der Waals surface area (Å²) < 4.78 is 7.04. The van der Waals surface area contributed by atoms with Gasteiger partial charge >= 0.3 is 0 Å². The number of hydrogen-bond acceptors (Lipinski definition) is 5. The van der Waals surface area contributed by atoms with Crippen LogP contribution in [0.1, 0.15) is 44.7 Å².